The standard InChI is InChI=1S/C16H26N2/c1-12-6-4-8-15(10-12)16(14(3)17)18-9-5-7-13(2)11-18/h4,6,8,10,13-14,16H,5,7,9,11,17H2,1-3H3. The molecule has 0 aliphatic carbocycles. The van der Waals surface area contributed by atoms with Gasteiger partial charge in [-0.15, -0.1) is 0 Å². The fourth-order valence-electron chi connectivity index (χ4n) is 3.18. The van der Waals surface area contributed by atoms with Gasteiger partial charge in [0.05, 0.1) is 0 Å². The molecule has 0 spiro atoms. The third-order valence-corrected chi connectivity index (χ3v) is 3.96. The zero-order valence-corrected chi connectivity index (χ0v) is 11.9. The Morgan fingerprint density at radius 2 is 2.17 bits per heavy atom. The minimum absolute atomic E-state index is 0.178. The number of aryl methyl sites for hydroxylation is 1. The van der Waals surface area contributed by atoms with Crippen LogP contribution in [0.2, 0.25) is 0 Å². The van der Waals surface area contributed by atoms with Crippen molar-refractivity contribution >= 4 is 0 Å². The van der Waals surface area contributed by atoms with Crippen LogP contribution in [0.15, 0.2) is 24.3 Å². The van der Waals surface area contributed by atoms with Crippen LogP contribution < -0.4 is 5.73 Å². The lowest BCUT2D eigenvalue weighted by Gasteiger charge is -2.39. The Balaban J connectivity index is 2.22. The maximum atomic E-state index is 6.25. The first-order valence-corrected chi connectivity index (χ1v) is 7.14. The molecule has 0 bridgehead atoms. The first-order chi connectivity index (χ1) is 8.58. The highest BCUT2D eigenvalue weighted by Gasteiger charge is 2.27. The van der Waals surface area contributed by atoms with Crippen LogP contribution in [-0.4, -0.2) is 24.0 Å². The van der Waals surface area contributed by atoms with Crippen LogP contribution >= 0.6 is 0 Å². The highest BCUT2D eigenvalue weighted by atomic mass is 15.2. The maximum Gasteiger partial charge on any atom is 0.0496 e. The highest BCUT2D eigenvalue weighted by molar-refractivity contribution is 5.26. The van der Waals surface area contributed by atoms with Gasteiger partial charge >= 0.3 is 0 Å². The third kappa shape index (κ3) is 3.12. The molecule has 3 unspecified atom stereocenters. The van der Waals surface area contributed by atoms with E-state index in [1.54, 1.807) is 0 Å². The van der Waals surface area contributed by atoms with Gasteiger partial charge in [-0.1, -0.05) is 36.8 Å². The molecule has 2 nitrogen and oxygen atoms in total. The fraction of sp³-hybridized carbons (Fsp3) is 0.625. The lowest BCUT2D eigenvalue weighted by Crippen LogP contribution is -2.44. The molecule has 2 rings (SSSR count). The average Bonchev–Trinajstić information content (AvgIpc) is 2.28. The summed E-state index contributed by atoms with van der Waals surface area (Å²) in [7, 11) is 0. The zero-order chi connectivity index (χ0) is 13.1. The summed E-state index contributed by atoms with van der Waals surface area (Å²) in [6.45, 7) is 9.00. The summed E-state index contributed by atoms with van der Waals surface area (Å²) in [6, 6.07) is 9.35. The zero-order valence-electron chi connectivity index (χ0n) is 11.9. The number of nitrogens with two attached hydrogens (primary N) is 1. The van der Waals surface area contributed by atoms with E-state index < -0.39 is 0 Å². The van der Waals surface area contributed by atoms with E-state index in [9.17, 15) is 0 Å². The third-order valence-electron chi connectivity index (χ3n) is 3.96. The molecule has 1 heterocycles. The second kappa shape index (κ2) is 5.85. The van der Waals surface area contributed by atoms with E-state index in [4.69, 9.17) is 5.73 Å². The van der Waals surface area contributed by atoms with Gasteiger partial charge in [-0.2, -0.15) is 0 Å². The van der Waals surface area contributed by atoms with E-state index in [-0.39, 0.29) is 6.04 Å². The van der Waals surface area contributed by atoms with Gasteiger partial charge in [-0.25, -0.2) is 0 Å². The van der Waals surface area contributed by atoms with Crippen LogP contribution in [0.3, 0.4) is 0 Å². The maximum absolute atomic E-state index is 6.25. The molecule has 1 aliphatic rings. The Bertz CT molecular complexity index is 386. The molecule has 0 amide bonds. The smallest absolute Gasteiger partial charge is 0.0496 e. The first-order valence-electron chi connectivity index (χ1n) is 7.14. The normalized spacial score (nSPS) is 24.8. The molecule has 2 heteroatoms. The minimum Gasteiger partial charge on any atom is -0.326 e. The molecular weight excluding hydrogens is 220 g/mol. The van der Waals surface area contributed by atoms with Gasteiger partial charge in [0.25, 0.3) is 0 Å². The number of likely N-dealkylation sites (tertiary alicyclic amines) is 1. The van der Waals surface area contributed by atoms with E-state index in [0.717, 1.165) is 5.92 Å². The van der Waals surface area contributed by atoms with Crippen LogP contribution in [-0.2, 0) is 0 Å². The summed E-state index contributed by atoms with van der Waals surface area (Å²) >= 11 is 0. The Kier molecular flexibility index (Phi) is 4.41. The summed E-state index contributed by atoms with van der Waals surface area (Å²) < 4.78 is 0. The number of piperidine rings is 1. The van der Waals surface area contributed by atoms with E-state index >= 15 is 0 Å². The van der Waals surface area contributed by atoms with Gasteiger partial charge in [0.1, 0.15) is 0 Å². The quantitative estimate of drug-likeness (QED) is 0.888. The molecule has 2 N–H and O–H groups in total. The molecule has 18 heavy (non-hydrogen) atoms. The van der Waals surface area contributed by atoms with Crippen molar-refractivity contribution in [2.45, 2.75) is 45.7 Å². The molecule has 100 valence electrons. The summed E-state index contributed by atoms with van der Waals surface area (Å²) in [4.78, 5) is 2.58. The topological polar surface area (TPSA) is 29.3 Å². The molecule has 0 radical (unpaired) electrons. The Labute approximate surface area is 111 Å². The Morgan fingerprint density at radius 1 is 1.39 bits per heavy atom. The molecule has 1 aromatic rings. The molecular formula is C16H26N2. The van der Waals surface area contributed by atoms with E-state index in [1.807, 2.05) is 0 Å². The van der Waals surface area contributed by atoms with Gasteiger partial charge < -0.3 is 5.73 Å². The van der Waals surface area contributed by atoms with Gasteiger partial charge in [-0.05, 0) is 44.7 Å². The predicted molar refractivity (Wildman–Crippen MR) is 77.5 cm³/mol. The number of benzene rings is 1. The number of nitrogens with zero attached hydrogens (tertiary/aromatic N) is 1. The average molecular weight is 246 g/mol. The second-order valence-electron chi connectivity index (χ2n) is 5.96. The van der Waals surface area contributed by atoms with Crippen LogP contribution in [0.4, 0.5) is 0 Å². The van der Waals surface area contributed by atoms with E-state index in [0.29, 0.717) is 6.04 Å². The second-order valence-corrected chi connectivity index (χ2v) is 5.96. The van der Waals surface area contributed by atoms with E-state index in [2.05, 4.69) is 49.9 Å². The molecule has 1 fully saturated rings. The minimum atomic E-state index is 0.178. The van der Waals surface area contributed by atoms with E-state index in [1.165, 1.54) is 37.1 Å². The molecule has 3 atom stereocenters. The van der Waals surface area contributed by atoms with Crippen molar-refractivity contribution in [2.24, 2.45) is 11.7 Å². The van der Waals surface area contributed by atoms with Crippen molar-refractivity contribution < 1.29 is 0 Å². The van der Waals surface area contributed by atoms with Crippen LogP contribution in [0.5, 0.6) is 0 Å². The molecule has 0 aromatic heterocycles. The van der Waals surface area contributed by atoms with Gasteiger partial charge in [-0.3, -0.25) is 4.90 Å². The highest BCUT2D eigenvalue weighted by Crippen LogP contribution is 2.29. The SMILES string of the molecule is Cc1cccc(C(C(C)N)N2CCCC(C)C2)c1. The molecule has 1 aliphatic heterocycles. The lowest BCUT2D eigenvalue weighted by molar-refractivity contribution is 0.116. The van der Waals surface area contributed by atoms with Crippen LogP contribution in [0.1, 0.15) is 43.9 Å². The number of hydrogen-bond donors (Lipinski definition) is 1. The Morgan fingerprint density at radius 3 is 2.78 bits per heavy atom. The van der Waals surface area contributed by atoms with Crippen molar-refractivity contribution in [3.05, 3.63) is 35.4 Å². The predicted octanol–water partition coefficient (Wildman–Crippen LogP) is 3.12. The van der Waals surface area contributed by atoms with Crippen molar-refractivity contribution in [3.8, 4) is 0 Å². The van der Waals surface area contributed by atoms with Crippen molar-refractivity contribution in [2.75, 3.05) is 13.1 Å². The number of rotatable bonds is 3. The first kappa shape index (κ1) is 13.6. The van der Waals surface area contributed by atoms with Gasteiger partial charge in [0.15, 0.2) is 0 Å². The molecule has 1 saturated heterocycles. The van der Waals surface area contributed by atoms with Crippen molar-refractivity contribution in [1.29, 1.82) is 0 Å². The lowest BCUT2D eigenvalue weighted by atomic mass is 9.92. The summed E-state index contributed by atoms with van der Waals surface area (Å²) in [5, 5.41) is 0. The monoisotopic (exact) mass is 246 g/mol. The molecule has 1 aromatic carbocycles. The Hall–Kier alpha value is -0.860. The molecule has 0 saturated carbocycles. The van der Waals surface area contributed by atoms with Crippen molar-refractivity contribution in [3.63, 3.8) is 0 Å². The number of hydrogen-bond acceptors (Lipinski definition) is 2. The van der Waals surface area contributed by atoms with Crippen molar-refractivity contribution in [1.82, 2.24) is 4.90 Å². The summed E-state index contributed by atoms with van der Waals surface area (Å²) in [5.74, 6) is 0.796. The fourth-order valence-corrected chi connectivity index (χ4v) is 3.18. The van der Waals surface area contributed by atoms with Gasteiger partial charge in [0, 0.05) is 18.6 Å². The largest absolute Gasteiger partial charge is 0.326 e. The van der Waals surface area contributed by atoms with Gasteiger partial charge in [0.2, 0.25) is 0 Å². The van der Waals surface area contributed by atoms with Crippen LogP contribution in [0.25, 0.3) is 0 Å². The summed E-state index contributed by atoms with van der Waals surface area (Å²) in [5.41, 5.74) is 8.95. The summed E-state index contributed by atoms with van der Waals surface area (Å²) in [6.07, 6.45) is 2.66. The van der Waals surface area contributed by atoms with Crippen LogP contribution in [0, 0.1) is 12.8 Å².